The summed E-state index contributed by atoms with van der Waals surface area (Å²) in [7, 11) is 0. The van der Waals surface area contributed by atoms with Crippen molar-refractivity contribution in [3.63, 3.8) is 0 Å². The highest BCUT2D eigenvalue weighted by Gasteiger charge is 2.72. The Morgan fingerprint density at radius 2 is 1.03 bits per heavy atom. The molecule has 0 aliphatic heterocycles. The van der Waals surface area contributed by atoms with Gasteiger partial charge in [-0.3, -0.25) is 0 Å². The summed E-state index contributed by atoms with van der Waals surface area (Å²) in [4.78, 5) is 0. The molecule has 4 rings (SSSR count). The first-order valence-corrected chi connectivity index (χ1v) is 10.9. The minimum atomic E-state index is -5.78. The van der Waals surface area contributed by atoms with E-state index < -0.39 is 34.7 Å². The van der Waals surface area contributed by atoms with Crippen molar-refractivity contribution in [2.75, 3.05) is 11.5 Å². The van der Waals surface area contributed by atoms with Crippen molar-refractivity contribution >= 4 is 11.4 Å². The summed E-state index contributed by atoms with van der Waals surface area (Å²) >= 11 is 0. The van der Waals surface area contributed by atoms with E-state index in [4.69, 9.17) is 20.9 Å². The molecule has 0 atom stereocenters. The molecule has 0 saturated carbocycles. The largest absolute Gasteiger partial charge is 0.457 e. The molecule has 0 radical (unpaired) electrons. The molecule has 0 spiro atoms. The number of nitrogen functional groups attached to an aromatic ring is 2. The van der Waals surface area contributed by atoms with Crippen LogP contribution in [0.15, 0.2) is 91.0 Å². The molecule has 0 saturated heterocycles. The van der Waals surface area contributed by atoms with Gasteiger partial charge in [-0.15, -0.1) is 0 Å². The maximum Gasteiger partial charge on any atom is 0.411 e. The monoisotopic (exact) mass is 536 g/mol. The lowest BCUT2D eigenvalue weighted by Crippen LogP contribution is -2.54. The van der Waals surface area contributed by atoms with Crippen LogP contribution in [0.1, 0.15) is 11.1 Å². The molecule has 11 heteroatoms. The van der Waals surface area contributed by atoms with Crippen molar-refractivity contribution in [3.8, 4) is 23.0 Å². The third-order valence-corrected chi connectivity index (χ3v) is 5.70. The third kappa shape index (κ3) is 5.04. The van der Waals surface area contributed by atoms with E-state index >= 15 is 0 Å². The number of hydrogen-bond acceptors (Lipinski definition) is 4. The van der Waals surface area contributed by atoms with Gasteiger partial charge in [0.1, 0.15) is 17.2 Å². The smallest absolute Gasteiger partial charge is 0.411 e. The van der Waals surface area contributed by atoms with Gasteiger partial charge in [-0.1, -0.05) is 30.3 Å². The van der Waals surface area contributed by atoms with Crippen LogP contribution in [-0.4, -0.2) is 12.4 Å². The Morgan fingerprint density at radius 3 is 1.50 bits per heavy atom. The van der Waals surface area contributed by atoms with Crippen LogP contribution in [0.2, 0.25) is 0 Å². The Kier molecular flexibility index (Phi) is 6.88. The normalized spacial score (nSPS) is 12.3. The van der Waals surface area contributed by atoms with Crippen LogP contribution in [0.4, 0.5) is 42.1 Å². The van der Waals surface area contributed by atoms with E-state index in [0.29, 0.717) is 30.0 Å². The number of ether oxygens (including phenoxy) is 2. The summed E-state index contributed by atoms with van der Waals surface area (Å²) in [6, 6.07) is 16.1. The van der Waals surface area contributed by atoms with E-state index in [1.54, 1.807) is 12.1 Å². The Morgan fingerprint density at radius 1 is 0.526 bits per heavy atom. The van der Waals surface area contributed by atoms with Crippen molar-refractivity contribution < 1.29 is 40.2 Å². The van der Waals surface area contributed by atoms with Gasteiger partial charge in [0.15, 0.2) is 11.6 Å². The lowest BCUT2D eigenvalue weighted by atomic mass is 9.73. The number of nitrogens with two attached hydrogens (primary N) is 2. The van der Waals surface area contributed by atoms with Crippen LogP contribution in [0, 0.1) is 5.82 Å². The van der Waals surface area contributed by atoms with Gasteiger partial charge in [0.25, 0.3) is 0 Å². The van der Waals surface area contributed by atoms with Gasteiger partial charge >= 0.3 is 12.4 Å². The van der Waals surface area contributed by atoms with Crippen molar-refractivity contribution in [1.29, 1.82) is 0 Å². The fourth-order valence-corrected chi connectivity index (χ4v) is 3.97. The van der Waals surface area contributed by atoms with Crippen molar-refractivity contribution in [3.05, 3.63) is 108 Å². The molecule has 4 nitrogen and oxygen atoms in total. The van der Waals surface area contributed by atoms with Crippen LogP contribution in [0.25, 0.3) is 0 Å². The molecule has 4 N–H and O–H groups in total. The maximum absolute atomic E-state index is 14.4. The fraction of sp³-hybridized carbons (Fsp3) is 0.111. The molecule has 0 heterocycles. The zero-order chi connectivity index (χ0) is 27.7. The van der Waals surface area contributed by atoms with Crippen LogP contribution in [0.3, 0.4) is 0 Å². The van der Waals surface area contributed by atoms with Gasteiger partial charge in [-0.05, 0) is 59.7 Å². The topological polar surface area (TPSA) is 70.5 Å². The summed E-state index contributed by atoms with van der Waals surface area (Å²) in [6.45, 7) is 0. The molecule has 4 aromatic rings. The Bertz CT molecular complexity index is 1400. The van der Waals surface area contributed by atoms with Gasteiger partial charge in [0.2, 0.25) is 5.41 Å². The highest BCUT2D eigenvalue weighted by molar-refractivity contribution is 5.50. The third-order valence-electron chi connectivity index (χ3n) is 5.70. The van der Waals surface area contributed by atoms with E-state index in [2.05, 4.69) is 0 Å². The molecular weight excluding hydrogens is 517 g/mol. The predicted octanol–water partition coefficient (Wildman–Crippen LogP) is 7.99. The first kappa shape index (κ1) is 26.6. The Labute approximate surface area is 212 Å². The van der Waals surface area contributed by atoms with Gasteiger partial charge in [-0.25, -0.2) is 4.39 Å². The SMILES string of the molecule is Nc1cccc(Oc2ccc(C(c3ccc(Oc4ccc(N)cc4F)cc3)(C(F)(F)F)C(F)(F)F)cc2)c1. The Balaban J connectivity index is 1.73. The average Bonchev–Trinajstić information content (AvgIpc) is 2.82. The number of halogens is 7. The highest BCUT2D eigenvalue weighted by Crippen LogP contribution is 2.56. The quantitative estimate of drug-likeness (QED) is 0.194. The standard InChI is InChI=1S/C27H19F7N2O2/c28-23-15-19(36)8-13-24(23)38-21-11-6-17(7-12-21)25(26(29,30)31,27(32,33)34)16-4-9-20(10-5-16)37-22-3-1-2-18(35)14-22/h1-15H,35-36H2. The second-order valence-electron chi connectivity index (χ2n) is 8.26. The molecule has 198 valence electrons. The molecule has 0 aliphatic rings. The zero-order valence-corrected chi connectivity index (χ0v) is 19.3. The molecule has 0 aromatic heterocycles. The molecule has 4 aromatic carbocycles. The molecule has 0 unspecified atom stereocenters. The summed E-state index contributed by atoms with van der Waals surface area (Å²) in [6.07, 6.45) is -11.6. The lowest BCUT2D eigenvalue weighted by Gasteiger charge is -2.38. The minimum Gasteiger partial charge on any atom is -0.457 e. The first-order valence-electron chi connectivity index (χ1n) is 10.9. The van der Waals surface area contributed by atoms with Crippen molar-refractivity contribution in [2.24, 2.45) is 0 Å². The second kappa shape index (κ2) is 9.81. The summed E-state index contributed by atoms with van der Waals surface area (Å²) in [5.74, 6) is -1.08. The first-order chi connectivity index (χ1) is 17.8. The summed E-state index contributed by atoms with van der Waals surface area (Å²) < 4.78 is 111. The molecule has 38 heavy (non-hydrogen) atoms. The van der Waals surface area contributed by atoms with Gasteiger partial charge in [0.05, 0.1) is 0 Å². The van der Waals surface area contributed by atoms with E-state index in [0.717, 1.165) is 30.3 Å². The van der Waals surface area contributed by atoms with Crippen LogP contribution in [-0.2, 0) is 5.41 Å². The van der Waals surface area contributed by atoms with Crippen LogP contribution in [0.5, 0.6) is 23.0 Å². The van der Waals surface area contributed by atoms with E-state index in [1.807, 2.05) is 0 Å². The van der Waals surface area contributed by atoms with Crippen LogP contribution >= 0.6 is 0 Å². The predicted molar refractivity (Wildman–Crippen MR) is 128 cm³/mol. The van der Waals surface area contributed by atoms with Crippen molar-refractivity contribution in [2.45, 2.75) is 17.8 Å². The number of rotatable bonds is 6. The van der Waals surface area contributed by atoms with E-state index in [9.17, 15) is 30.7 Å². The molecular formula is C27H19F7N2O2. The summed E-state index contributed by atoms with van der Waals surface area (Å²) in [5.41, 5.74) is 5.03. The van der Waals surface area contributed by atoms with E-state index in [1.165, 1.54) is 24.3 Å². The zero-order valence-electron chi connectivity index (χ0n) is 19.3. The molecule has 0 fully saturated rings. The van der Waals surface area contributed by atoms with Gasteiger partial charge < -0.3 is 20.9 Å². The number of anilines is 2. The molecule has 0 aliphatic carbocycles. The number of benzene rings is 4. The highest BCUT2D eigenvalue weighted by atomic mass is 19.4. The lowest BCUT2D eigenvalue weighted by molar-refractivity contribution is -0.288. The average molecular weight is 536 g/mol. The molecule has 0 bridgehead atoms. The summed E-state index contributed by atoms with van der Waals surface area (Å²) in [5, 5.41) is 0. The maximum atomic E-state index is 14.4. The minimum absolute atomic E-state index is 0.00636. The molecule has 0 amide bonds. The second-order valence-corrected chi connectivity index (χ2v) is 8.26. The Hall–Kier alpha value is -4.41. The van der Waals surface area contributed by atoms with Gasteiger partial charge in [-0.2, -0.15) is 26.3 Å². The fourth-order valence-electron chi connectivity index (χ4n) is 3.97. The van der Waals surface area contributed by atoms with Crippen LogP contribution < -0.4 is 20.9 Å². The van der Waals surface area contributed by atoms with Gasteiger partial charge in [0, 0.05) is 23.5 Å². The number of alkyl halides is 6. The number of hydrogen-bond donors (Lipinski definition) is 2. The van der Waals surface area contributed by atoms with Crippen molar-refractivity contribution in [1.82, 2.24) is 0 Å². The van der Waals surface area contributed by atoms with E-state index in [-0.39, 0.29) is 28.7 Å².